The molecular weight excluding hydrogens is 334 g/mol. The number of nitrogens with zero attached hydrogens (tertiary/aromatic N) is 1. The van der Waals surface area contributed by atoms with Gasteiger partial charge in [-0.25, -0.2) is 9.78 Å². The first-order chi connectivity index (χ1) is 12.4. The molecule has 3 aromatic rings. The summed E-state index contributed by atoms with van der Waals surface area (Å²) < 4.78 is 5.39. The van der Waals surface area contributed by atoms with Crippen LogP contribution in [-0.2, 0) is 9.53 Å². The van der Waals surface area contributed by atoms with E-state index in [1.54, 1.807) is 55.5 Å². The summed E-state index contributed by atoms with van der Waals surface area (Å²) in [6, 6.07) is 13.3. The van der Waals surface area contributed by atoms with Crippen LogP contribution in [0.25, 0.3) is 10.9 Å². The third kappa shape index (κ3) is 3.77. The second kappa shape index (κ2) is 7.18. The molecule has 2 aromatic carbocycles. The SMILES string of the molecule is CC(=O)Nc1ccc(C(=O)O[C@@H](C)c2nc3ccccc3c(=O)[nH]2)cc1. The minimum atomic E-state index is -0.727. The number of hydrogen-bond acceptors (Lipinski definition) is 5. The first-order valence-corrected chi connectivity index (χ1v) is 8.01. The van der Waals surface area contributed by atoms with Crippen LogP contribution in [0.4, 0.5) is 5.69 Å². The van der Waals surface area contributed by atoms with Crippen LogP contribution in [0.15, 0.2) is 53.3 Å². The number of aromatic amines is 1. The van der Waals surface area contributed by atoms with E-state index >= 15 is 0 Å². The number of anilines is 1. The van der Waals surface area contributed by atoms with E-state index < -0.39 is 12.1 Å². The summed E-state index contributed by atoms with van der Waals surface area (Å²) in [6.45, 7) is 3.04. The van der Waals surface area contributed by atoms with Crippen LogP contribution in [0, 0.1) is 0 Å². The highest BCUT2D eigenvalue weighted by atomic mass is 16.5. The Bertz CT molecular complexity index is 1020. The lowest BCUT2D eigenvalue weighted by molar-refractivity contribution is -0.114. The molecular formula is C19H17N3O4. The van der Waals surface area contributed by atoms with Gasteiger partial charge in [-0.05, 0) is 43.3 Å². The zero-order valence-corrected chi connectivity index (χ0v) is 14.3. The molecule has 7 nitrogen and oxygen atoms in total. The van der Waals surface area contributed by atoms with Crippen molar-refractivity contribution < 1.29 is 14.3 Å². The Morgan fingerprint density at radius 1 is 1.12 bits per heavy atom. The van der Waals surface area contributed by atoms with E-state index in [1.165, 1.54) is 6.92 Å². The molecule has 0 bridgehead atoms. The number of carbonyl (C=O) groups excluding carboxylic acids is 2. The summed E-state index contributed by atoms with van der Waals surface area (Å²) in [7, 11) is 0. The summed E-state index contributed by atoms with van der Waals surface area (Å²) >= 11 is 0. The van der Waals surface area contributed by atoms with Crippen LogP contribution in [0.2, 0.25) is 0 Å². The largest absolute Gasteiger partial charge is 0.451 e. The van der Waals surface area contributed by atoms with Gasteiger partial charge in [-0.15, -0.1) is 0 Å². The molecule has 3 rings (SSSR count). The highest BCUT2D eigenvalue weighted by Gasteiger charge is 2.17. The molecule has 0 saturated carbocycles. The highest BCUT2D eigenvalue weighted by Crippen LogP contribution is 2.17. The molecule has 1 atom stereocenters. The average Bonchev–Trinajstić information content (AvgIpc) is 2.61. The molecule has 1 aromatic heterocycles. The molecule has 1 heterocycles. The number of para-hydroxylation sites is 1. The number of hydrogen-bond donors (Lipinski definition) is 2. The Morgan fingerprint density at radius 3 is 2.50 bits per heavy atom. The molecule has 0 fully saturated rings. The summed E-state index contributed by atoms with van der Waals surface area (Å²) in [6.07, 6.45) is -0.727. The van der Waals surface area contributed by atoms with E-state index in [-0.39, 0.29) is 17.3 Å². The molecule has 0 aliphatic heterocycles. The molecule has 1 amide bonds. The summed E-state index contributed by atoms with van der Waals surface area (Å²) in [5.41, 5.74) is 1.17. The second-order valence-electron chi connectivity index (χ2n) is 5.77. The van der Waals surface area contributed by atoms with E-state index in [0.29, 0.717) is 22.2 Å². The molecule has 7 heteroatoms. The van der Waals surface area contributed by atoms with Crippen LogP contribution in [0.5, 0.6) is 0 Å². The highest BCUT2D eigenvalue weighted by molar-refractivity contribution is 5.92. The minimum absolute atomic E-state index is 0.194. The average molecular weight is 351 g/mol. The first kappa shape index (κ1) is 17.3. The monoisotopic (exact) mass is 351 g/mol. The maximum absolute atomic E-state index is 12.3. The molecule has 132 valence electrons. The maximum Gasteiger partial charge on any atom is 0.338 e. The molecule has 0 spiro atoms. The predicted octanol–water partition coefficient (Wildman–Crippen LogP) is 2.80. The number of benzene rings is 2. The fourth-order valence-corrected chi connectivity index (χ4v) is 2.47. The van der Waals surface area contributed by atoms with Crippen LogP contribution >= 0.6 is 0 Å². The van der Waals surface area contributed by atoms with Crippen LogP contribution in [0.3, 0.4) is 0 Å². The Morgan fingerprint density at radius 2 is 1.81 bits per heavy atom. The van der Waals surface area contributed by atoms with Crippen molar-refractivity contribution in [2.75, 3.05) is 5.32 Å². The van der Waals surface area contributed by atoms with Gasteiger partial charge in [0.25, 0.3) is 5.56 Å². The maximum atomic E-state index is 12.3. The van der Waals surface area contributed by atoms with E-state index in [4.69, 9.17) is 4.74 Å². The van der Waals surface area contributed by atoms with E-state index in [9.17, 15) is 14.4 Å². The molecule has 0 saturated heterocycles. The molecule has 2 N–H and O–H groups in total. The fraction of sp³-hybridized carbons (Fsp3) is 0.158. The third-order valence-corrected chi connectivity index (χ3v) is 3.74. The second-order valence-corrected chi connectivity index (χ2v) is 5.77. The van der Waals surface area contributed by atoms with Gasteiger partial charge in [-0.2, -0.15) is 0 Å². The zero-order valence-electron chi connectivity index (χ0n) is 14.3. The van der Waals surface area contributed by atoms with Gasteiger partial charge in [0.15, 0.2) is 11.9 Å². The van der Waals surface area contributed by atoms with E-state index in [0.717, 1.165) is 0 Å². The Kier molecular flexibility index (Phi) is 4.79. The van der Waals surface area contributed by atoms with Crippen molar-refractivity contribution in [3.05, 3.63) is 70.3 Å². The number of rotatable bonds is 4. The molecule has 0 radical (unpaired) electrons. The number of carbonyl (C=O) groups is 2. The topological polar surface area (TPSA) is 101 Å². The zero-order chi connectivity index (χ0) is 18.7. The number of H-pyrrole nitrogens is 1. The summed E-state index contributed by atoms with van der Waals surface area (Å²) in [5, 5.41) is 3.10. The van der Waals surface area contributed by atoms with Crippen LogP contribution < -0.4 is 10.9 Å². The smallest absolute Gasteiger partial charge is 0.338 e. The summed E-state index contributed by atoms with van der Waals surface area (Å²) in [5.74, 6) is -0.472. The number of fused-ring (bicyclic) bond motifs is 1. The third-order valence-electron chi connectivity index (χ3n) is 3.74. The Hall–Kier alpha value is -3.48. The normalized spacial score (nSPS) is 11.8. The standard InChI is InChI=1S/C19H17N3O4/c1-11(17-21-16-6-4-3-5-15(16)18(24)22-17)26-19(25)13-7-9-14(10-8-13)20-12(2)23/h3-11H,1-2H3,(H,20,23)(H,21,22,24)/t11-/m0/s1. The minimum Gasteiger partial charge on any atom is -0.451 e. The van der Waals surface area contributed by atoms with Gasteiger partial charge in [-0.3, -0.25) is 9.59 Å². The van der Waals surface area contributed by atoms with E-state index in [2.05, 4.69) is 15.3 Å². The van der Waals surface area contributed by atoms with Gasteiger partial charge in [-0.1, -0.05) is 12.1 Å². The number of esters is 1. The van der Waals surface area contributed by atoms with Crippen molar-refractivity contribution in [3.8, 4) is 0 Å². The van der Waals surface area contributed by atoms with Crippen molar-refractivity contribution in [2.45, 2.75) is 20.0 Å². The number of aromatic nitrogens is 2. The van der Waals surface area contributed by atoms with Crippen LogP contribution in [-0.4, -0.2) is 21.8 Å². The number of nitrogens with one attached hydrogen (secondary N) is 2. The van der Waals surface area contributed by atoms with Gasteiger partial charge in [0.2, 0.25) is 5.91 Å². The van der Waals surface area contributed by atoms with Gasteiger partial charge in [0, 0.05) is 12.6 Å². The Balaban J connectivity index is 1.77. The molecule has 0 aliphatic rings. The van der Waals surface area contributed by atoms with E-state index in [1.807, 2.05) is 0 Å². The Labute approximate surface area is 149 Å². The lowest BCUT2D eigenvalue weighted by atomic mass is 10.2. The fourth-order valence-electron chi connectivity index (χ4n) is 2.47. The molecule has 0 aliphatic carbocycles. The van der Waals surface area contributed by atoms with Gasteiger partial charge in [0.1, 0.15) is 0 Å². The predicted molar refractivity (Wildman–Crippen MR) is 96.9 cm³/mol. The van der Waals surface area contributed by atoms with Crippen molar-refractivity contribution in [2.24, 2.45) is 0 Å². The van der Waals surface area contributed by atoms with Gasteiger partial charge >= 0.3 is 5.97 Å². The van der Waals surface area contributed by atoms with Crippen molar-refractivity contribution in [1.29, 1.82) is 0 Å². The first-order valence-electron chi connectivity index (χ1n) is 8.01. The lowest BCUT2D eigenvalue weighted by Gasteiger charge is -2.13. The molecule has 26 heavy (non-hydrogen) atoms. The number of amides is 1. The van der Waals surface area contributed by atoms with Crippen LogP contribution in [0.1, 0.15) is 36.1 Å². The van der Waals surface area contributed by atoms with Crippen molar-refractivity contribution >= 4 is 28.5 Å². The van der Waals surface area contributed by atoms with Crippen molar-refractivity contribution in [3.63, 3.8) is 0 Å². The molecule has 0 unspecified atom stereocenters. The quantitative estimate of drug-likeness (QED) is 0.704. The van der Waals surface area contributed by atoms with Gasteiger partial charge < -0.3 is 15.0 Å². The van der Waals surface area contributed by atoms with Gasteiger partial charge in [0.05, 0.1) is 16.5 Å². The number of ether oxygens (including phenoxy) is 1. The van der Waals surface area contributed by atoms with Crippen molar-refractivity contribution in [1.82, 2.24) is 9.97 Å². The lowest BCUT2D eigenvalue weighted by Crippen LogP contribution is -2.17. The summed E-state index contributed by atoms with van der Waals surface area (Å²) in [4.78, 5) is 42.4.